The molecule has 0 saturated carbocycles. The van der Waals surface area contributed by atoms with E-state index in [1.54, 1.807) is 115 Å². The van der Waals surface area contributed by atoms with Crippen molar-refractivity contribution in [1.82, 2.24) is 30.7 Å². The number of carboxylic acid groups (broad SMARTS) is 4. The number of carboxylic acids is 4. The molecule has 123 heavy (non-hydrogen) atoms. The number of nitrogens with zero attached hydrogens (tertiary/aromatic N) is 6. The van der Waals surface area contributed by atoms with E-state index in [-0.39, 0.29) is 62.0 Å². The highest BCUT2D eigenvalue weighted by Gasteiger charge is 2.26. The van der Waals surface area contributed by atoms with Crippen LogP contribution in [0.5, 0.6) is 17.2 Å². The average molecular weight is 1710 g/mol. The first-order valence-corrected chi connectivity index (χ1v) is 40.5. The van der Waals surface area contributed by atoms with Gasteiger partial charge in [0.25, 0.3) is 5.97 Å². The highest BCUT2D eigenvalue weighted by atomic mass is 31.2. The summed E-state index contributed by atoms with van der Waals surface area (Å²) in [5.41, 5.74) is 15.0. The lowest BCUT2D eigenvalue weighted by molar-refractivity contribution is -0.134. The predicted molar refractivity (Wildman–Crippen MR) is 455 cm³/mol. The zero-order valence-corrected chi connectivity index (χ0v) is 68.3. The number of phenols is 3. The van der Waals surface area contributed by atoms with Gasteiger partial charge in [0.2, 0.25) is 11.8 Å². The second-order valence-corrected chi connectivity index (χ2v) is 29.8. The molecule has 0 bridgehead atoms. The van der Waals surface area contributed by atoms with Crippen LogP contribution in [0.1, 0.15) is 57.5 Å². The molecule has 6 aliphatic rings. The topological polar surface area (TPSA) is 523 Å². The minimum atomic E-state index is -2.27. The van der Waals surface area contributed by atoms with E-state index in [2.05, 4.69) is 36.1 Å². The summed E-state index contributed by atoms with van der Waals surface area (Å²) in [5, 5.41) is 86.8. The zero-order chi connectivity index (χ0) is 89.0. The number of ether oxygens (including phenoxy) is 6. The largest absolute Gasteiger partial charge is 0.508 e. The van der Waals surface area contributed by atoms with Crippen LogP contribution in [0.25, 0.3) is 111 Å². The van der Waals surface area contributed by atoms with Gasteiger partial charge in [-0.15, -0.1) is 5.10 Å². The van der Waals surface area contributed by atoms with Crippen LogP contribution >= 0.6 is 7.29 Å². The Hall–Kier alpha value is -14.0. The van der Waals surface area contributed by atoms with Crippen molar-refractivity contribution in [2.45, 2.75) is 33.9 Å². The molecule has 0 atom stereocenters. The molecule has 1 aromatic heterocycles. The number of carbonyl (C=O) groups is 6. The molecule has 0 unspecified atom stereocenters. The number of rotatable bonds is 33. The zero-order valence-electron chi connectivity index (χ0n) is 67.4. The van der Waals surface area contributed by atoms with Gasteiger partial charge in [-0.05, 0) is 113 Å². The van der Waals surface area contributed by atoms with Gasteiger partial charge in [-0.1, -0.05) is 64.9 Å². The Balaban J connectivity index is 0.000000190. The number of hydrogen-bond donors (Lipinski definition) is 10. The molecule has 4 heterocycles. The van der Waals surface area contributed by atoms with Gasteiger partial charge in [-0.25, -0.2) is 19.1 Å². The Morgan fingerprint density at radius 1 is 0.447 bits per heavy atom. The molecular formula is C87H90N9O26P. The van der Waals surface area contributed by atoms with Crippen LogP contribution in [0.15, 0.2) is 221 Å². The van der Waals surface area contributed by atoms with Crippen molar-refractivity contribution in [3.63, 3.8) is 0 Å². The number of nitrogens with one attached hydrogen (secondary N) is 3. The first-order chi connectivity index (χ1) is 59.0. The molecule has 0 saturated heterocycles. The molecule has 0 fully saturated rings. The summed E-state index contributed by atoms with van der Waals surface area (Å²) in [5.74, 6) is -3.03. The quantitative estimate of drug-likeness (QED) is 0.00456. The van der Waals surface area contributed by atoms with Crippen molar-refractivity contribution in [1.29, 1.82) is 0 Å². The van der Waals surface area contributed by atoms with Crippen LogP contribution in [-0.2, 0) is 60.5 Å². The van der Waals surface area contributed by atoms with Crippen LogP contribution in [-0.4, -0.2) is 199 Å². The molecule has 2 amide bonds. The van der Waals surface area contributed by atoms with Gasteiger partial charge < -0.3 is 92.6 Å². The SMILES string of the molecule is CC(=O)NCCOCCOCCOCCN=[N+]=[N-].CC(=O)NCCOCCOCCOCCn1cc(CNP(C)(C)=O)nn1.CC(=O)O.O=C(O)c1ccccc1-c1c2ccc(=O)cc-2oc2cc(O)ccc12.O=C(O)c1ccccc1-c1c2ccc(=O)cc-2oc2cc(O)ccc12.O=C(O)c1ccccc1-c1c2ccc(=O)cc-2oc2cc(O)ccc12. The molecule has 3 aliphatic carbocycles. The third-order valence-corrected chi connectivity index (χ3v) is 18.1. The van der Waals surface area contributed by atoms with Crippen molar-refractivity contribution in [2.24, 2.45) is 5.11 Å². The van der Waals surface area contributed by atoms with E-state index >= 15 is 0 Å². The van der Waals surface area contributed by atoms with Crippen molar-refractivity contribution in [3.05, 3.63) is 252 Å². The van der Waals surface area contributed by atoms with Gasteiger partial charge >= 0.3 is 17.9 Å². The summed E-state index contributed by atoms with van der Waals surface area (Å²) in [4.78, 5) is 103. The fraction of sp³-hybridized carbons (Fsp3) is 0.253. The maximum absolute atomic E-state index is 11.7. The Morgan fingerprint density at radius 3 is 1.10 bits per heavy atom. The van der Waals surface area contributed by atoms with Gasteiger partial charge in [0.05, 0.1) is 108 Å². The number of amides is 2. The number of fused-ring (bicyclic) bond motifs is 6. The number of carbonyl (C=O) groups excluding carboxylic acids is 2. The predicted octanol–water partition coefficient (Wildman–Crippen LogP) is 12.6. The van der Waals surface area contributed by atoms with Crippen LogP contribution in [0.2, 0.25) is 0 Å². The minimum absolute atomic E-state index is 0.0198. The maximum atomic E-state index is 11.7. The second-order valence-electron chi connectivity index (χ2n) is 26.8. The number of phenolic OH excluding ortho intramolecular Hbond substituents is 3. The van der Waals surface area contributed by atoms with Gasteiger partial charge in [0, 0.05) is 157 Å². The normalized spacial score (nSPS) is 10.8. The summed E-state index contributed by atoms with van der Waals surface area (Å²) >= 11 is 0. The summed E-state index contributed by atoms with van der Waals surface area (Å²) < 4.78 is 62.3. The second kappa shape index (κ2) is 47.7. The van der Waals surface area contributed by atoms with Crippen LogP contribution in [0.3, 0.4) is 0 Å². The third-order valence-electron chi connectivity index (χ3n) is 17.1. The minimum Gasteiger partial charge on any atom is -0.508 e. The number of hydrogen-bond acceptors (Lipinski definition) is 25. The number of aromatic hydroxyl groups is 3. The Bertz CT molecular complexity index is 5520. The molecule has 6 aromatic carbocycles. The van der Waals surface area contributed by atoms with Crippen molar-refractivity contribution < 1.29 is 111 Å². The Labute approximate surface area is 701 Å². The van der Waals surface area contributed by atoms with Crippen LogP contribution in [0, 0.1) is 0 Å². The van der Waals surface area contributed by atoms with E-state index in [1.165, 1.54) is 105 Å². The summed E-state index contributed by atoms with van der Waals surface area (Å²) in [6.07, 6.45) is 1.81. The van der Waals surface area contributed by atoms with E-state index in [0.717, 1.165) is 12.6 Å². The molecule has 35 nitrogen and oxygen atoms in total. The first kappa shape index (κ1) is 94.5. The van der Waals surface area contributed by atoms with Crippen molar-refractivity contribution >= 4 is 75.9 Å². The molecule has 13 rings (SSSR count). The third kappa shape index (κ3) is 29.7. The van der Waals surface area contributed by atoms with Crippen LogP contribution < -0.4 is 32.0 Å². The summed E-state index contributed by atoms with van der Waals surface area (Å²) in [6.45, 7) is 15.5. The average Bonchev–Trinajstić information content (AvgIpc) is 1.12. The molecule has 644 valence electrons. The number of aliphatic carboxylic acids is 1. The molecule has 0 spiro atoms. The number of benzene rings is 9. The Morgan fingerprint density at radius 2 is 0.772 bits per heavy atom. The lowest BCUT2D eigenvalue weighted by Crippen LogP contribution is -2.25. The van der Waals surface area contributed by atoms with Gasteiger partial charge in [-0.2, -0.15) is 0 Å². The fourth-order valence-corrected chi connectivity index (χ4v) is 12.4. The molecule has 36 heteroatoms. The molecule has 3 aliphatic heterocycles. The molecule has 10 N–H and O–H groups in total. The lowest BCUT2D eigenvalue weighted by atomic mass is 9.91. The monoisotopic (exact) mass is 1710 g/mol. The smallest absolute Gasteiger partial charge is 0.336 e. The molecular weight excluding hydrogens is 1620 g/mol. The lowest BCUT2D eigenvalue weighted by Gasteiger charge is -2.16. The summed E-state index contributed by atoms with van der Waals surface area (Å²) in [7, 11) is -2.27. The highest BCUT2D eigenvalue weighted by Crippen LogP contribution is 2.45. The van der Waals surface area contributed by atoms with E-state index in [9.17, 15) is 73.6 Å². The van der Waals surface area contributed by atoms with E-state index in [4.69, 9.17) is 57.1 Å². The number of aromatic carboxylic acids is 3. The van der Waals surface area contributed by atoms with Gasteiger partial charge in [0.1, 0.15) is 58.6 Å². The Kier molecular flexibility index (Phi) is 36.7. The molecule has 0 radical (unpaired) electrons. The van der Waals surface area contributed by atoms with Gasteiger partial charge in [-0.3, -0.25) is 33.9 Å². The van der Waals surface area contributed by atoms with E-state index in [1.807, 2.05) is 0 Å². The van der Waals surface area contributed by atoms with E-state index < -0.39 is 31.2 Å². The standard InChI is InChI=1S/3C20H12O5.C15H30N5O5P.C10H20N4O4.C2H4O2/c3*21-11-5-7-15-17(9-11)25-18-10-12(22)6-8-16(18)19(15)13-3-1-2-4-14(13)20(23)24;1-14(21)16-4-6-23-8-10-25-11-9-24-7-5-20-13-15(18-19-20)12-17-26(2,3)22;1-10(15)12-2-4-16-6-8-18-9-7-17-5-3-13-14-11;1-2(3)4/h3*1-10,21H,(H,23,24);13H,4-12H2,1-3H3,(H,16,21)(H,17,22);2-9H2,1H3,(H,12,15);1H3,(H,3,4). The van der Waals surface area contributed by atoms with Crippen LogP contribution in [0.4, 0.5) is 0 Å². The van der Waals surface area contributed by atoms with Gasteiger partial charge in [0.15, 0.2) is 16.3 Å². The number of aromatic nitrogens is 3. The highest BCUT2D eigenvalue weighted by molar-refractivity contribution is 7.60. The maximum Gasteiger partial charge on any atom is 0.336 e. The van der Waals surface area contributed by atoms with Crippen molar-refractivity contribution in [3.8, 4) is 84.6 Å². The fourth-order valence-electron chi connectivity index (χ4n) is 11.9. The molecule has 7 aromatic rings. The first-order valence-electron chi connectivity index (χ1n) is 37.9. The summed E-state index contributed by atoms with van der Waals surface area (Å²) in [6, 6.07) is 47.1. The van der Waals surface area contributed by atoms with E-state index in [0.29, 0.717) is 212 Å². The number of azide groups is 1. The van der Waals surface area contributed by atoms with Crippen molar-refractivity contribution in [2.75, 3.05) is 112 Å².